The third kappa shape index (κ3) is 8.44. The van der Waals surface area contributed by atoms with Gasteiger partial charge in [-0.1, -0.05) is 90.0 Å². The molecule has 0 saturated heterocycles. The summed E-state index contributed by atoms with van der Waals surface area (Å²) in [6.45, 7) is 6.27. The number of aryl methyl sites for hydroxylation is 1. The molecule has 4 nitrogen and oxygen atoms in total. The third-order valence-corrected chi connectivity index (χ3v) is 6.95. The van der Waals surface area contributed by atoms with Crippen LogP contribution >= 0.6 is 23.4 Å². The van der Waals surface area contributed by atoms with Crippen molar-refractivity contribution in [1.29, 1.82) is 0 Å². The molecule has 0 aliphatic carbocycles. The topological polar surface area (TPSA) is 49.4 Å². The maximum absolute atomic E-state index is 13.6. The predicted molar refractivity (Wildman–Crippen MR) is 147 cm³/mol. The van der Waals surface area contributed by atoms with Crippen molar-refractivity contribution in [2.24, 2.45) is 0 Å². The normalized spacial score (nSPS) is 11.8. The zero-order chi connectivity index (χ0) is 25.2. The van der Waals surface area contributed by atoms with Crippen molar-refractivity contribution in [1.82, 2.24) is 10.2 Å². The van der Waals surface area contributed by atoms with Gasteiger partial charge in [0, 0.05) is 29.8 Å². The maximum atomic E-state index is 13.6. The Balaban J connectivity index is 1.84. The van der Waals surface area contributed by atoms with Crippen molar-refractivity contribution in [2.75, 3.05) is 5.75 Å². The first-order valence-corrected chi connectivity index (χ1v) is 13.4. The van der Waals surface area contributed by atoms with Gasteiger partial charge in [-0.2, -0.15) is 0 Å². The summed E-state index contributed by atoms with van der Waals surface area (Å²) in [4.78, 5) is 28.7. The first-order chi connectivity index (χ1) is 16.8. The van der Waals surface area contributed by atoms with Crippen LogP contribution in [0.5, 0.6) is 0 Å². The van der Waals surface area contributed by atoms with Gasteiger partial charge in [0.1, 0.15) is 6.04 Å². The van der Waals surface area contributed by atoms with Crippen LogP contribution in [0.1, 0.15) is 36.1 Å². The zero-order valence-electron chi connectivity index (χ0n) is 20.5. The van der Waals surface area contributed by atoms with Crippen LogP contribution in [0.15, 0.2) is 78.9 Å². The SMILES string of the molecule is Cc1ccc(CN(C(=O)CSCc2ccccc2Cl)C(Cc2ccccc2)C(=O)NC(C)C)cc1. The second-order valence-electron chi connectivity index (χ2n) is 8.96. The highest BCUT2D eigenvalue weighted by Gasteiger charge is 2.30. The first-order valence-electron chi connectivity index (χ1n) is 11.8. The van der Waals surface area contributed by atoms with Gasteiger partial charge < -0.3 is 10.2 Å². The molecule has 0 spiro atoms. The molecule has 0 fully saturated rings. The number of hydrogen-bond acceptors (Lipinski definition) is 3. The van der Waals surface area contributed by atoms with Gasteiger partial charge in [-0.3, -0.25) is 9.59 Å². The Hall–Kier alpha value is -2.76. The Morgan fingerprint density at radius 2 is 1.57 bits per heavy atom. The van der Waals surface area contributed by atoms with E-state index in [0.29, 0.717) is 23.7 Å². The van der Waals surface area contributed by atoms with E-state index in [4.69, 9.17) is 11.6 Å². The van der Waals surface area contributed by atoms with Gasteiger partial charge in [-0.25, -0.2) is 0 Å². The number of rotatable bonds is 11. The minimum Gasteiger partial charge on any atom is -0.352 e. The van der Waals surface area contributed by atoms with Gasteiger partial charge >= 0.3 is 0 Å². The van der Waals surface area contributed by atoms with E-state index in [1.165, 1.54) is 11.8 Å². The molecule has 3 aromatic rings. The summed E-state index contributed by atoms with van der Waals surface area (Å²) in [7, 11) is 0. The van der Waals surface area contributed by atoms with E-state index < -0.39 is 6.04 Å². The number of nitrogens with zero attached hydrogens (tertiary/aromatic N) is 1. The highest BCUT2D eigenvalue weighted by Crippen LogP contribution is 2.22. The van der Waals surface area contributed by atoms with Crippen LogP contribution in [0.3, 0.4) is 0 Å². The highest BCUT2D eigenvalue weighted by atomic mass is 35.5. The van der Waals surface area contributed by atoms with Gasteiger partial charge in [0.15, 0.2) is 0 Å². The molecule has 0 aliphatic rings. The lowest BCUT2D eigenvalue weighted by molar-refractivity contribution is -0.139. The van der Waals surface area contributed by atoms with Crippen LogP contribution in [0.2, 0.25) is 5.02 Å². The monoisotopic (exact) mass is 508 g/mol. The number of carbonyl (C=O) groups excluding carboxylic acids is 2. The summed E-state index contributed by atoms with van der Waals surface area (Å²) < 4.78 is 0. The fourth-order valence-electron chi connectivity index (χ4n) is 3.77. The molecule has 3 rings (SSSR count). The van der Waals surface area contributed by atoms with Gasteiger partial charge in [0.2, 0.25) is 11.8 Å². The summed E-state index contributed by atoms with van der Waals surface area (Å²) >= 11 is 7.80. The number of carbonyl (C=O) groups is 2. The van der Waals surface area contributed by atoms with Gasteiger partial charge in [-0.05, 0) is 43.5 Å². The molecule has 3 aromatic carbocycles. The Morgan fingerprint density at radius 3 is 2.23 bits per heavy atom. The zero-order valence-corrected chi connectivity index (χ0v) is 22.1. The number of hydrogen-bond donors (Lipinski definition) is 1. The molecule has 1 unspecified atom stereocenters. The van der Waals surface area contributed by atoms with Gasteiger partial charge in [0.05, 0.1) is 5.75 Å². The Morgan fingerprint density at radius 1 is 0.914 bits per heavy atom. The number of thioether (sulfide) groups is 1. The third-order valence-electron chi connectivity index (χ3n) is 5.62. The standard InChI is InChI=1S/C29H33ClN2O2S/c1-21(2)31-29(34)27(17-23-9-5-4-6-10-23)32(18-24-15-13-22(3)14-16-24)28(33)20-35-19-25-11-7-8-12-26(25)30/h4-16,21,27H,17-20H2,1-3H3,(H,31,34). The lowest BCUT2D eigenvalue weighted by Gasteiger charge is -2.32. The summed E-state index contributed by atoms with van der Waals surface area (Å²) in [5.41, 5.74) is 4.16. The van der Waals surface area contributed by atoms with E-state index >= 15 is 0 Å². The molecule has 1 N–H and O–H groups in total. The lowest BCUT2D eigenvalue weighted by atomic mass is 10.0. The Bertz CT molecular complexity index is 1100. The number of nitrogens with one attached hydrogen (secondary N) is 1. The van der Waals surface area contributed by atoms with Crippen LogP contribution in [0.25, 0.3) is 0 Å². The highest BCUT2D eigenvalue weighted by molar-refractivity contribution is 7.99. The minimum atomic E-state index is -0.616. The lowest BCUT2D eigenvalue weighted by Crippen LogP contribution is -2.52. The maximum Gasteiger partial charge on any atom is 0.243 e. The van der Waals surface area contributed by atoms with E-state index in [1.54, 1.807) is 4.90 Å². The fraction of sp³-hybridized carbons (Fsp3) is 0.310. The van der Waals surface area contributed by atoms with E-state index in [9.17, 15) is 9.59 Å². The molecule has 0 saturated carbocycles. The van der Waals surface area contributed by atoms with E-state index in [0.717, 1.165) is 22.3 Å². The Kier molecular flexibility index (Phi) is 10.2. The van der Waals surface area contributed by atoms with Crippen molar-refractivity contribution < 1.29 is 9.59 Å². The quantitative estimate of drug-likeness (QED) is 0.343. The number of benzene rings is 3. The average molecular weight is 509 g/mol. The molecule has 0 heterocycles. The van der Waals surface area contributed by atoms with Crippen LogP contribution in [0.4, 0.5) is 0 Å². The molecule has 0 aromatic heterocycles. The molecule has 1 atom stereocenters. The molecule has 184 valence electrons. The summed E-state index contributed by atoms with van der Waals surface area (Å²) in [6.07, 6.45) is 0.451. The van der Waals surface area contributed by atoms with Crippen LogP contribution < -0.4 is 5.32 Å². The molecule has 0 bridgehead atoms. The van der Waals surface area contributed by atoms with E-state index in [-0.39, 0.29) is 23.6 Å². The molecule has 35 heavy (non-hydrogen) atoms. The number of amides is 2. The van der Waals surface area contributed by atoms with Crippen LogP contribution in [-0.4, -0.2) is 34.6 Å². The first kappa shape index (κ1) is 26.8. The van der Waals surface area contributed by atoms with Crippen molar-refractivity contribution in [2.45, 2.75) is 51.6 Å². The van der Waals surface area contributed by atoms with Crippen molar-refractivity contribution in [3.63, 3.8) is 0 Å². The largest absolute Gasteiger partial charge is 0.352 e. The molecular weight excluding hydrogens is 476 g/mol. The second-order valence-corrected chi connectivity index (χ2v) is 10.4. The smallest absolute Gasteiger partial charge is 0.243 e. The minimum absolute atomic E-state index is 0.0216. The van der Waals surface area contributed by atoms with E-state index in [2.05, 4.69) is 5.32 Å². The summed E-state index contributed by atoms with van der Waals surface area (Å²) in [5.74, 6) is 0.686. The predicted octanol–water partition coefficient (Wildman–Crippen LogP) is 6.05. The molecular formula is C29H33ClN2O2S. The number of halogens is 1. The van der Waals surface area contributed by atoms with Crippen LogP contribution in [0, 0.1) is 6.92 Å². The molecule has 6 heteroatoms. The fourth-order valence-corrected chi connectivity index (χ4v) is 4.97. The molecule has 2 amide bonds. The molecule has 0 aliphatic heterocycles. The summed E-state index contributed by atoms with van der Waals surface area (Å²) in [6, 6.07) is 25.0. The average Bonchev–Trinajstić information content (AvgIpc) is 2.84. The molecule has 0 radical (unpaired) electrons. The van der Waals surface area contributed by atoms with Crippen molar-refractivity contribution >= 4 is 35.2 Å². The van der Waals surface area contributed by atoms with Crippen LogP contribution in [-0.2, 0) is 28.3 Å². The van der Waals surface area contributed by atoms with E-state index in [1.807, 2.05) is 99.6 Å². The van der Waals surface area contributed by atoms with Crippen molar-refractivity contribution in [3.05, 3.63) is 106 Å². The van der Waals surface area contributed by atoms with Gasteiger partial charge in [0.25, 0.3) is 0 Å². The Labute approximate surface area is 218 Å². The van der Waals surface area contributed by atoms with Gasteiger partial charge in [-0.15, -0.1) is 11.8 Å². The summed E-state index contributed by atoms with van der Waals surface area (Å²) in [5, 5.41) is 3.72. The van der Waals surface area contributed by atoms with Crippen molar-refractivity contribution in [3.8, 4) is 0 Å². The second kappa shape index (κ2) is 13.4.